The van der Waals surface area contributed by atoms with Crippen LogP contribution >= 0.6 is 0 Å². The van der Waals surface area contributed by atoms with Crippen LogP contribution in [0.2, 0.25) is 0 Å². The lowest BCUT2D eigenvalue weighted by molar-refractivity contribution is -0.140. The van der Waals surface area contributed by atoms with E-state index >= 15 is 0 Å². The zero-order chi connectivity index (χ0) is 16.4. The smallest absolute Gasteiger partial charge is 0.326 e. The molecular formula is C16H19FN2O3. The fourth-order valence-corrected chi connectivity index (χ4v) is 2.44. The molecule has 0 saturated heterocycles. The number of hydrogen-bond donors (Lipinski definition) is 2. The number of aromatic nitrogens is 1. The summed E-state index contributed by atoms with van der Waals surface area (Å²) < 4.78 is 14.9. The Labute approximate surface area is 127 Å². The van der Waals surface area contributed by atoms with Crippen LogP contribution in [0.25, 0.3) is 10.9 Å². The molecule has 2 rings (SSSR count). The number of carboxylic acids is 1. The summed E-state index contributed by atoms with van der Waals surface area (Å²) in [5.41, 5.74) is 1.01. The number of nitrogens with zero attached hydrogens (tertiary/aromatic N) is 1. The molecule has 22 heavy (non-hydrogen) atoms. The van der Waals surface area contributed by atoms with Crippen molar-refractivity contribution in [3.63, 3.8) is 0 Å². The van der Waals surface area contributed by atoms with Gasteiger partial charge in [0.15, 0.2) is 0 Å². The number of amides is 1. The largest absolute Gasteiger partial charge is 0.480 e. The number of carbonyl (C=O) groups excluding carboxylic acids is 1. The van der Waals surface area contributed by atoms with Crippen LogP contribution in [0.4, 0.5) is 4.39 Å². The molecule has 0 saturated carbocycles. The normalized spacial score (nSPS) is 13.8. The molecule has 1 amide bonds. The van der Waals surface area contributed by atoms with Gasteiger partial charge >= 0.3 is 5.97 Å². The summed E-state index contributed by atoms with van der Waals surface area (Å²) in [5, 5.41) is 12.4. The number of halogens is 1. The second-order valence-corrected chi connectivity index (χ2v) is 5.47. The van der Waals surface area contributed by atoms with Gasteiger partial charge in [-0.1, -0.05) is 20.3 Å². The number of hydrogen-bond acceptors (Lipinski definition) is 2. The summed E-state index contributed by atoms with van der Waals surface area (Å²) in [4.78, 5) is 23.7. The average Bonchev–Trinajstić information content (AvgIpc) is 2.79. The summed E-state index contributed by atoms with van der Waals surface area (Å²) in [7, 11) is 1.69. The van der Waals surface area contributed by atoms with Crippen molar-refractivity contribution in [2.75, 3.05) is 0 Å². The molecule has 0 spiro atoms. The predicted molar refractivity (Wildman–Crippen MR) is 81.2 cm³/mol. The van der Waals surface area contributed by atoms with Crippen molar-refractivity contribution in [3.8, 4) is 0 Å². The van der Waals surface area contributed by atoms with Gasteiger partial charge in [0.25, 0.3) is 5.91 Å². The molecule has 0 unspecified atom stereocenters. The maximum atomic E-state index is 13.3. The Hall–Kier alpha value is -2.37. The minimum Gasteiger partial charge on any atom is -0.480 e. The number of rotatable bonds is 5. The minimum atomic E-state index is -1.06. The Morgan fingerprint density at radius 3 is 2.64 bits per heavy atom. The standard InChI is InChI=1S/C16H19FN2O3/c1-4-9(2)14(16(21)22)18-15(20)13-8-10-7-11(17)5-6-12(10)19(13)3/h5-9,14H,4H2,1-3H3,(H,18,20)(H,21,22)/t9-,14+/m1/s1. The molecular weight excluding hydrogens is 287 g/mol. The molecule has 118 valence electrons. The fourth-order valence-electron chi connectivity index (χ4n) is 2.44. The van der Waals surface area contributed by atoms with Crippen molar-refractivity contribution in [1.82, 2.24) is 9.88 Å². The zero-order valence-electron chi connectivity index (χ0n) is 12.8. The van der Waals surface area contributed by atoms with Crippen LogP contribution in [-0.4, -0.2) is 27.6 Å². The molecule has 6 heteroatoms. The lowest BCUT2D eigenvalue weighted by Gasteiger charge is -2.20. The van der Waals surface area contributed by atoms with Crippen LogP contribution in [0.15, 0.2) is 24.3 Å². The molecule has 5 nitrogen and oxygen atoms in total. The molecule has 0 bridgehead atoms. The number of benzene rings is 1. The number of carbonyl (C=O) groups is 2. The van der Waals surface area contributed by atoms with E-state index in [1.807, 2.05) is 6.92 Å². The molecule has 2 N–H and O–H groups in total. The van der Waals surface area contributed by atoms with E-state index < -0.39 is 17.9 Å². The Kier molecular flexibility index (Phi) is 4.49. The van der Waals surface area contributed by atoms with Gasteiger partial charge in [0, 0.05) is 18.0 Å². The first-order chi connectivity index (χ1) is 10.3. The third kappa shape index (κ3) is 2.95. The van der Waals surface area contributed by atoms with E-state index in [0.717, 1.165) is 0 Å². The molecule has 2 atom stereocenters. The van der Waals surface area contributed by atoms with Gasteiger partial charge in [-0.05, 0) is 30.2 Å². The first-order valence-corrected chi connectivity index (χ1v) is 7.13. The molecule has 0 aliphatic heterocycles. The van der Waals surface area contributed by atoms with Crippen molar-refractivity contribution in [1.29, 1.82) is 0 Å². The number of carboxylic acid groups (broad SMARTS) is 1. The van der Waals surface area contributed by atoms with Gasteiger partial charge < -0.3 is 15.0 Å². The lowest BCUT2D eigenvalue weighted by Crippen LogP contribution is -2.45. The molecule has 0 fully saturated rings. The quantitative estimate of drug-likeness (QED) is 0.891. The number of fused-ring (bicyclic) bond motifs is 1. The van der Waals surface area contributed by atoms with Crippen LogP contribution in [0.3, 0.4) is 0 Å². The molecule has 1 aromatic carbocycles. The highest BCUT2D eigenvalue weighted by molar-refractivity contribution is 6.00. The van der Waals surface area contributed by atoms with Crippen molar-refractivity contribution < 1.29 is 19.1 Å². The topological polar surface area (TPSA) is 71.3 Å². The van der Waals surface area contributed by atoms with E-state index in [1.165, 1.54) is 12.1 Å². The highest BCUT2D eigenvalue weighted by Gasteiger charge is 2.26. The van der Waals surface area contributed by atoms with E-state index in [-0.39, 0.29) is 11.7 Å². The van der Waals surface area contributed by atoms with Gasteiger partial charge in [-0.15, -0.1) is 0 Å². The number of aryl methyl sites for hydroxylation is 1. The lowest BCUT2D eigenvalue weighted by atomic mass is 9.99. The number of nitrogens with one attached hydrogen (secondary N) is 1. The summed E-state index contributed by atoms with van der Waals surface area (Å²) >= 11 is 0. The van der Waals surface area contributed by atoms with Crippen LogP contribution in [0.1, 0.15) is 30.8 Å². The number of aliphatic carboxylic acids is 1. The van der Waals surface area contributed by atoms with Gasteiger partial charge in [0.05, 0.1) is 0 Å². The van der Waals surface area contributed by atoms with Crippen molar-refractivity contribution in [3.05, 3.63) is 35.8 Å². The van der Waals surface area contributed by atoms with Crippen molar-refractivity contribution in [2.24, 2.45) is 13.0 Å². The van der Waals surface area contributed by atoms with Gasteiger partial charge in [-0.25, -0.2) is 9.18 Å². The third-order valence-corrected chi connectivity index (χ3v) is 4.00. The Morgan fingerprint density at radius 2 is 2.05 bits per heavy atom. The highest BCUT2D eigenvalue weighted by Crippen LogP contribution is 2.20. The summed E-state index contributed by atoms with van der Waals surface area (Å²) in [6.45, 7) is 3.64. The van der Waals surface area contributed by atoms with E-state index in [4.69, 9.17) is 0 Å². The molecule has 0 radical (unpaired) electrons. The molecule has 1 aromatic heterocycles. The maximum absolute atomic E-state index is 13.3. The predicted octanol–water partition coefficient (Wildman–Crippen LogP) is 2.55. The van der Waals surface area contributed by atoms with Crippen molar-refractivity contribution >= 4 is 22.8 Å². The SMILES string of the molecule is CC[C@@H](C)[C@H](NC(=O)c1cc2cc(F)ccc2n1C)C(=O)O. The summed E-state index contributed by atoms with van der Waals surface area (Å²) in [5.74, 6) is -2.11. The van der Waals surface area contributed by atoms with Gasteiger partial charge in [0.1, 0.15) is 17.6 Å². The maximum Gasteiger partial charge on any atom is 0.326 e. The van der Waals surface area contributed by atoms with Gasteiger partial charge in [-0.2, -0.15) is 0 Å². The summed E-state index contributed by atoms with van der Waals surface area (Å²) in [6.07, 6.45) is 0.636. The van der Waals surface area contributed by atoms with Crippen molar-refractivity contribution in [2.45, 2.75) is 26.3 Å². The fraction of sp³-hybridized carbons (Fsp3) is 0.375. The molecule has 1 heterocycles. The Morgan fingerprint density at radius 1 is 1.36 bits per heavy atom. The average molecular weight is 306 g/mol. The third-order valence-electron chi connectivity index (χ3n) is 4.00. The first kappa shape index (κ1) is 16.0. The Balaban J connectivity index is 2.33. The highest BCUT2D eigenvalue weighted by atomic mass is 19.1. The van der Waals surface area contributed by atoms with Crippen LogP contribution < -0.4 is 5.32 Å². The minimum absolute atomic E-state index is 0.187. The van der Waals surface area contributed by atoms with Crippen LogP contribution in [-0.2, 0) is 11.8 Å². The monoisotopic (exact) mass is 306 g/mol. The van der Waals surface area contributed by atoms with Gasteiger partial charge in [-0.3, -0.25) is 4.79 Å². The summed E-state index contributed by atoms with van der Waals surface area (Å²) in [6, 6.07) is 4.86. The van der Waals surface area contributed by atoms with E-state index in [9.17, 15) is 19.1 Å². The van der Waals surface area contributed by atoms with E-state index in [0.29, 0.717) is 23.0 Å². The Bertz CT molecular complexity index is 723. The van der Waals surface area contributed by atoms with Gasteiger partial charge in [0.2, 0.25) is 0 Å². The van der Waals surface area contributed by atoms with E-state index in [1.54, 1.807) is 30.7 Å². The molecule has 0 aliphatic rings. The molecule has 2 aromatic rings. The zero-order valence-corrected chi connectivity index (χ0v) is 12.8. The second-order valence-electron chi connectivity index (χ2n) is 5.47. The van der Waals surface area contributed by atoms with E-state index in [2.05, 4.69) is 5.32 Å². The second kappa shape index (κ2) is 6.17. The van der Waals surface area contributed by atoms with Crippen LogP contribution in [0, 0.1) is 11.7 Å². The first-order valence-electron chi connectivity index (χ1n) is 7.13. The molecule has 0 aliphatic carbocycles. The van der Waals surface area contributed by atoms with Crippen LogP contribution in [0.5, 0.6) is 0 Å².